The van der Waals surface area contributed by atoms with Crippen molar-refractivity contribution in [1.29, 1.82) is 0 Å². The molecule has 6 heteroatoms. The van der Waals surface area contributed by atoms with Crippen LogP contribution in [0.5, 0.6) is 0 Å². The van der Waals surface area contributed by atoms with Crippen LogP contribution in [-0.2, 0) is 13.0 Å². The van der Waals surface area contributed by atoms with Crippen molar-refractivity contribution >= 4 is 6.03 Å². The number of aryl methyl sites for hydroxylation is 3. The highest BCUT2D eigenvalue weighted by Crippen LogP contribution is 2.35. The van der Waals surface area contributed by atoms with Crippen molar-refractivity contribution in [3.63, 3.8) is 0 Å². The summed E-state index contributed by atoms with van der Waals surface area (Å²) in [5.74, 6) is 2.27. The number of aromatic nitrogens is 3. The first-order valence-corrected chi connectivity index (χ1v) is 10.5. The van der Waals surface area contributed by atoms with Gasteiger partial charge in [-0.2, -0.15) is 5.10 Å². The standard InChI is InChI=1S/C22H31N5O/c1-14(2)21-24-19-11-10-17(13-27(19)25-21)23-22(28)26-12-6-9-18(26)20-15(3)7-5-8-16(20)4/h5,7-8,14,17-18H,6,9-13H2,1-4H3,(H,23,28). The Bertz CT molecular complexity index is 852. The topological polar surface area (TPSA) is 63.1 Å². The van der Waals surface area contributed by atoms with Gasteiger partial charge >= 0.3 is 6.03 Å². The van der Waals surface area contributed by atoms with Crippen molar-refractivity contribution in [2.24, 2.45) is 0 Å². The van der Waals surface area contributed by atoms with Gasteiger partial charge < -0.3 is 10.2 Å². The molecule has 6 nitrogen and oxygen atoms in total. The lowest BCUT2D eigenvalue weighted by Gasteiger charge is -2.31. The quantitative estimate of drug-likeness (QED) is 0.878. The summed E-state index contributed by atoms with van der Waals surface area (Å²) in [6.07, 6.45) is 3.88. The number of nitrogens with zero attached hydrogens (tertiary/aromatic N) is 4. The molecule has 4 rings (SSSR count). The number of nitrogens with one attached hydrogen (secondary N) is 1. The molecule has 2 amide bonds. The number of rotatable bonds is 3. The predicted molar refractivity (Wildman–Crippen MR) is 109 cm³/mol. The Kier molecular flexibility index (Phi) is 5.13. The highest BCUT2D eigenvalue weighted by atomic mass is 16.2. The maximum atomic E-state index is 13.1. The van der Waals surface area contributed by atoms with Gasteiger partial charge in [-0.3, -0.25) is 0 Å². The van der Waals surface area contributed by atoms with E-state index in [0.717, 1.165) is 43.9 Å². The number of carbonyl (C=O) groups excluding carboxylic acids is 1. The fourth-order valence-electron chi connectivity index (χ4n) is 4.61. The van der Waals surface area contributed by atoms with Crippen LogP contribution in [0, 0.1) is 13.8 Å². The molecular formula is C22H31N5O. The summed E-state index contributed by atoms with van der Waals surface area (Å²) in [6.45, 7) is 10.1. The molecule has 0 bridgehead atoms. The van der Waals surface area contributed by atoms with E-state index in [0.29, 0.717) is 12.5 Å². The Morgan fingerprint density at radius 3 is 2.68 bits per heavy atom. The summed E-state index contributed by atoms with van der Waals surface area (Å²) in [5.41, 5.74) is 3.87. The summed E-state index contributed by atoms with van der Waals surface area (Å²) in [7, 11) is 0. The van der Waals surface area contributed by atoms with E-state index in [9.17, 15) is 4.79 Å². The lowest BCUT2D eigenvalue weighted by Crippen LogP contribution is -2.47. The van der Waals surface area contributed by atoms with E-state index in [-0.39, 0.29) is 18.1 Å². The second kappa shape index (κ2) is 7.57. The van der Waals surface area contributed by atoms with E-state index >= 15 is 0 Å². The third kappa shape index (κ3) is 3.52. The van der Waals surface area contributed by atoms with Crippen LogP contribution in [0.1, 0.15) is 73.4 Å². The zero-order valence-electron chi connectivity index (χ0n) is 17.4. The number of carbonyl (C=O) groups is 1. The number of amides is 2. The molecule has 1 saturated heterocycles. The largest absolute Gasteiger partial charge is 0.333 e. The molecular weight excluding hydrogens is 350 g/mol. The van der Waals surface area contributed by atoms with Crippen molar-refractivity contribution in [3.05, 3.63) is 46.5 Å². The number of fused-ring (bicyclic) bond motifs is 1. The zero-order chi connectivity index (χ0) is 19.8. The number of benzene rings is 1. The number of urea groups is 1. The van der Waals surface area contributed by atoms with Crippen LogP contribution >= 0.6 is 0 Å². The van der Waals surface area contributed by atoms with Gasteiger partial charge in [0.05, 0.1) is 18.6 Å². The molecule has 2 aromatic rings. The summed E-state index contributed by atoms with van der Waals surface area (Å²) in [4.78, 5) is 19.8. The van der Waals surface area contributed by atoms with E-state index in [1.54, 1.807) is 0 Å². The van der Waals surface area contributed by atoms with Crippen LogP contribution in [0.2, 0.25) is 0 Å². The molecule has 150 valence electrons. The van der Waals surface area contributed by atoms with Gasteiger partial charge in [0, 0.05) is 18.9 Å². The Balaban J connectivity index is 1.46. The lowest BCUT2D eigenvalue weighted by atomic mass is 9.94. The van der Waals surface area contributed by atoms with E-state index in [1.807, 2.05) is 9.58 Å². The Morgan fingerprint density at radius 2 is 1.96 bits per heavy atom. The fraction of sp³-hybridized carbons (Fsp3) is 0.591. The maximum Gasteiger partial charge on any atom is 0.318 e. The molecule has 2 atom stereocenters. The first kappa shape index (κ1) is 19.0. The molecule has 1 fully saturated rings. The molecule has 0 spiro atoms. The van der Waals surface area contributed by atoms with Crippen molar-refractivity contribution in [1.82, 2.24) is 25.0 Å². The molecule has 2 unspecified atom stereocenters. The lowest BCUT2D eigenvalue weighted by molar-refractivity contribution is 0.184. The van der Waals surface area contributed by atoms with Crippen LogP contribution < -0.4 is 5.32 Å². The average Bonchev–Trinajstić information content (AvgIpc) is 3.28. The summed E-state index contributed by atoms with van der Waals surface area (Å²) in [6, 6.07) is 6.74. The second-order valence-electron chi connectivity index (χ2n) is 8.57. The number of hydrogen-bond donors (Lipinski definition) is 1. The van der Waals surface area contributed by atoms with Gasteiger partial charge in [-0.15, -0.1) is 0 Å². The van der Waals surface area contributed by atoms with Crippen molar-refractivity contribution < 1.29 is 4.79 Å². The summed E-state index contributed by atoms with van der Waals surface area (Å²) >= 11 is 0. The maximum absolute atomic E-state index is 13.1. The van der Waals surface area contributed by atoms with Gasteiger partial charge in [-0.1, -0.05) is 32.0 Å². The normalized spacial score (nSPS) is 21.8. The predicted octanol–water partition coefficient (Wildman–Crippen LogP) is 3.88. The molecule has 1 N–H and O–H groups in total. The van der Waals surface area contributed by atoms with Crippen LogP contribution in [0.25, 0.3) is 0 Å². The smallest absolute Gasteiger partial charge is 0.318 e. The van der Waals surface area contributed by atoms with Crippen molar-refractivity contribution in [3.8, 4) is 0 Å². The second-order valence-corrected chi connectivity index (χ2v) is 8.57. The molecule has 0 radical (unpaired) electrons. The summed E-state index contributed by atoms with van der Waals surface area (Å²) < 4.78 is 1.98. The van der Waals surface area contributed by atoms with Crippen LogP contribution in [-0.4, -0.2) is 38.3 Å². The minimum atomic E-state index is 0.0581. The Morgan fingerprint density at radius 1 is 1.21 bits per heavy atom. The zero-order valence-corrected chi connectivity index (χ0v) is 17.4. The molecule has 2 aliphatic rings. The molecule has 1 aromatic heterocycles. The molecule has 1 aromatic carbocycles. The van der Waals surface area contributed by atoms with E-state index in [2.05, 4.69) is 61.3 Å². The number of hydrogen-bond acceptors (Lipinski definition) is 3. The third-order valence-corrected chi connectivity index (χ3v) is 6.11. The Labute approximate surface area is 167 Å². The molecule has 0 saturated carbocycles. The third-order valence-electron chi connectivity index (χ3n) is 6.11. The average molecular weight is 382 g/mol. The van der Waals surface area contributed by atoms with E-state index in [4.69, 9.17) is 0 Å². The number of likely N-dealkylation sites (tertiary alicyclic amines) is 1. The van der Waals surface area contributed by atoms with Crippen LogP contribution in [0.3, 0.4) is 0 Å². The van der Waals surface area contributed by atoms with Gasteiger partial charge in [-0.05, 0) is 49.8 Å². The van der Waals surface area contributed by atoms with Gasteiger partial charge in [0.25, 0.3) is 0 Å². The van der Waals surface area contributed by atoms with Gasteiger partial charge in [0.2, 0.25) is 0 Å². The first-order valence-electron chi connectivity index (χ1n) is 10.5. The van der Waals surface area contributed by atoms with Gasteiger partial charge in [-0.25, -0.2) is 14.5 Å². The summed E-state index contributed by atoms with van der Waals surface area (Å²) in [5, 5.41) is 7.91. The minimum absolute atomic E-state index is 0.0581. The molecule has 3 heterocycles. The van der Waals surface area contributed by atoms with Crippen LogP contribution in [0.4, 0.5) is 4.79 Å². The van der Waals surface area contributed by atoms with Crippen molar-refractivity contribution in [2.45, 2.75) is 77.9 Å². The highest BCUT2D eigenvalue weighted by Gasteiger charge is 2.33. The van der Waals surface area contributed by atoms with Crippen LogP contribution in [0.15, 0.2) is 18.2 Å². The monoisotopic (exact) mass is 381 g/mol. The van der Waals surface area contributed by atoms with Gasteiger partial charge in [0.15, 0.2) is 5.82 Å². The fourth-order valence-corrected chi connectivity index (χ4v) is 4.61. The van der Waals surface area contributed by atoms with E-state index in [1.165, 1.54) is 16.7 Å². The molecule has 2 aliphatic heterocycles. The minimum Gasteiger partial charge on any atom is -0.333 e. The molecule has 28 heavy (non-hydrogen) atoms. The van der Waals surface area contributed by atoms with E-state index < -0.39 is 0 Å². The Hall–Kier alpha value is -2.37. The van der Waals surface area contributed by atoms with Crippen molar-refractivity contribution in [2.75, 3.05) is 6.54 Å². The molecule has 0 aliphatic carbocycles. The van der Waals surface area contributed by atoms with Gasteiger partial charge in [0.1, 0.15) is 5.82 Å². The first-order chi connectivity index (χ1) is 13.4. The SMILES string of the molecule is Cc1cccc(C)c1C1CCCN1C(=O)NC1CCc2nc(C(C)C)nn2C1. The highest BCUT2D eigenvalue weighted by molar-refractivity contribution is 5.75.